The van der Waals surface area contributed by atoms with E-state index in [9.17, 15) is 8.42 Å². The van der Waals surface area contributed by atoms with Gasteiger partial charge in [-0.3, -0.25) is 0 Å². The maximum Gasteiger partial charge on any atom is 0.154 e. The quantitative estimate of drug-likeness (QED) is 0.750. The predicted octanol–water partition coefficient (Wildman–Crippen LogP) is 2.14. The third-order valence-electron chi connectivity index (χ3n) is 3.51. The molecule has 2 aliphatic rings. The van der Waals surface area contributed by atoms with Crippen molar-refractivity contribution in [2.75, 3.05) is 18.1 Å². The third kappa shape index (κ3) is 3.44. The van der Waals surface area contributed by atoms with Gasteiger partial charge in [0.05, 0.1) is 22.4 Å². The lowest BCUT2D eigenvalue weighted by atomic mass is 9.90. The summed E-state index contributed by atoms with van der Waals surface area (Å²) in [5, 5.41) is 0. The van der Waals surface area contributed by atoms with E-state index in [4.69, 9.17) is 4.74 Å². The van der Waals surface area contributed by atoms with Crippen molar-refractivity contribution >= 4 is 25.8 Å². The van der Waals surface area contributed by atoms with E-state index in [0.29, 0.717) is 5.92 Å². The van der Waals surface area contributed by atoms with Crippen LogP contribution in [0.1, 0.15) is 32.1 Å². The molecule has 5 heteroatoms. The van der Waals surface area contributed by atoms with Gasteiger partial charge >= 0.3 is 0 Å². The van der Waals surface area contributed by atoms with Crippen LogP contribution in [0.2, 0.25) is 0 Å². The Morgan fingerprint density at radius 2 is 1.81 bits per heavy atom. The van der Waals surface area contributed by atoms with Crippen LogP contribution in [-0.4, -0.2) is 37.5 Å². The lowest BCUT2D eigenvalue weighted by molar-refractivity contribution is 0.0388. The summed E-state index contributed by atoms with van der Waals surface area (Å²) < 4.78 is 28.5. The fraction of sp³-hybridized carbons (Fsp3) is 1.00. The van der Waals surface area contributed by atoms with Gasteiger partial charge in [-0.25, -0.2) is 8.42 Å². The van der Waals surface area contributed by atoms with Gasteiger partial charge in [0.1, 0.15) is 0 Å². The van der Waals surface area contributed by atoms with Crippen molar-refractivity contribution in [2.24, 2.45) is 5.92 Å². The Labute approximate surface area is 106 Å². The molecule has 2 atom stereocenters. The molecule has 0 aromatic carbocycles. The summed E-state index contributed by atoms with van der Waals surface area (Å²) in [5.74, 6) is 1.06. The van der Waals surface area contributed by atoms with E-state index >= 15 is 0 Å². The van der Waals surface area contributed by atoms with Gasteiger partial charge in [-0.2, -0.15) is 0 Å². The molecule has 1 heterocycles. The minimum atomic E-state index is -2.87. The summed E-state index contributed by atoms with van der Waals surface area (Å²) in [6.07, 6.45) is 6.30. The van der Waals surface area contributed by atoms with E-state index < -0.39 is 9.84 Å². The highest BCUT2D eigenvalue weighted by atomic mass is 79.9. The summed E-state index contributed by atoms with van der Waals surface area (Å²) in [6, 6.07) is 0. The van der Waals surface area contributed by atoms with Crippen molar-refractivity contribution in [1.82, 2.24) is 0 Å². The van der Waals surface area contributed by atoms with E-state index in [2.05, 4.69) is 15.9 Å². The van der Waals surface area contributed by atoms with Crippen molar-refractivity contribution in [3.8, 4) is 0 Å². The van der Waals surface area contributed by atoms with E-state index in [1.165, 1.54) is 32.1 Å². The Bertz CT molecular complexity index is 322. The summed E-state index contributed by atoms with van der Waals surface area (Å²) in [7, 11) is -2.87. The minimum Gasteiger partial charge on any atom is -0.376 e. The maximum atomic E-state index is 11.4. The molecular formula is C11H19BrO3S. The normalized spacial score (nSPS) is 35.3. The number of rotatable bonds is 3. The molecule has 2 unspecified atom stereocenters. The number of alkyl halides is 1. The van der Waals surface area contributed by atoms with Crippen LogP contribution in [0.25, 0.3) is 0 Å². The predicted molar refractivity (Wildman–Crippen MR) is 67.7 cm³/mol. The first-order valence-electron chi connectivity index (χ1n) is 6.03. The van der Waals surface area contributed by atoms with Crippen LogP contribution in [0.4, 0.5) is 0 Å². The van der Waals surface area contributed by atoms with Crippen molar-refractivity contribution in [1.29, 1.82) is 0 Å². The molecule has 0 radical (unpaired) electrons. The molecule has 3 nitrogen and oxygen atoms in total. The first-order valence-corrected chi connectivity index (χ1v) is 8.76. The molecule has 0 amide bonds. The summed E-state index contributed by atoms with van der Waals surface area (Å²) in [5.41, 5.74) is 0. The van der Waals surface area contributed by atoms with Gasteiger partial charge in [0, 0.05) is 6.61 Å². The van der Waals surface area contributed by atoms with Gasteiger partial charge in [-0.15, -0.1) is 0 Å². The van der Waals surface area contributed by atoms with Gasteiger partial charge in [0.15, 0.2) is 9.84 Å². The summed E-state index contributed by atoms with van der Waals surface area (Å²) >= 11 is 3.40. The molecule has 1 aliphatic heterocycles. The standard InChI is InChI=1S/C11H19BrO3S/c12-10-7-16(13,14)8-11(10)15-6-9-4-2-1-3-5-9/h9-11H,1-8H2. The molecule has 0 aromatic rings. The molecule has 0 aromatic heterocycles. The molecule has 2 rings (SSSR count). The van der Waals surface area contributed by atoms with Crippen molar-refractivity contribution < 1.29 is 13.2 Å². The third-order valence-corrected chi connectivity index (χ3v) is 6.55. The largest absolute Gasteiger partial charge is 0.376 e. The highest BCUT2D eigenvalue weighted by Gasteiger charge is 2.37. The second-order valence-electron chi connectivity index (χ2n) is 4.97. The Balaban J connectivity index is 1.77. The number of hydrogen-bond donors (Lipinski definition) is 0. The van der Waals surface area contributed by atoms with E-state index in [-0.39, 0.29) is 22.4 Å². The second kappa shape index (κ2) is 5.36. The molecule has 2 fully saturated rings. The molecule has 0 bridgehead atoms. The molecule has 1 saturated heterocycles. The van der Waals surface area contributed by atoms with Crippen LogP contribution in [0, 0.1) is 5.92 Å². The minimum absolute atomic E-state index is 0.0129. The van der Waals surface area contributed by atoms with Gasteiger partial charge < -0.3 is 4.74 Å². The van der Waals surface area contributed by atoms with Crippen LogP contribution in [0.3, 0.4) is 0 Å². The zero-order valence-electron chi connectivity index (χ0n) is 9.40. The average Bonchev–Trinajstić information content (AvgIpc) is 2.50. The van der Waals surface area contributed by atoms with Crippen molar-refractivity contribution in [2.45, 2.75) is 43.0 Å². The van der Waals surface area contributed by atoms with Gasteiger partial charge in [-0.1, -0.05) is 35.2 Å². The number of sulfone groups is 1. The van der Waals surface area contributed by atoms with Crippen LogP contribution < -0.4 is 0 Å². The van der Waals surface area contributed by atoms with Crippen LogP contribution >= 0.6 is 15.9 Å². The van der Waals surface area contributed by atoms with Crippen LogP contribution in [0.5, 0.6) is 0 Å². The maximum absolute atomic E-state index is 11.4. The molecule has 1 aliphatic carbocycles. The Hall–Kier alpha value is 0.390. The number of halogens is 1. The monoisotopic (exact) mass is 310 g/mol. The lowest BCUT2D eigenvalue weighted by Crippen LogP contribution is -2.26. The zero-order valence-corrected chi connectivity index (χ0v) is 11.8. The molecule has 16 heavy (non-hydrogen) atoms. The Morgan fingerprint density at radius 3 is 2.38 bits per heavy atom. The van der Waals surface area contributed by atoms with Crippen molar-refractivity contribution in [3.63, 3.8) is 0 Å². The lowest BCUT2D eigenvalue weighted by Gasteiger charge is -2.23. The van der Waals surface area contributed by atoms with Crippen LogP contribution in [-0.2, 0) is 14.6 Å². The van der Waals surface area contributed by atoms with Crippen LogP contribution in [0.15, 0.2) is 0 Å². The smallest absolute Gasteiger partial charge is 0.154 e. The Kier molecular flexibility index (Phi) is 4.30. The van der Waals surface area contributed by atoms with E-state index in [1.54, 1.807) is 0 Å². The van der Waals surface area contributed by atoms with E-state index in [0.717, 1.165) is 6.61 Å². The zero-order chi connectivity index (χ0) is 11.6. The molecular weight excluding hydrogens is 292 g/mol. The summed E-state index contributed by atoms with van der Waals surface area (Å²) in [6.45, 7) is 0.738. The first kappa shape index (κ1) is 12.8. The molecule has 0 spiro atoms. The van der Waals surface area contributed by atoms with Gasteiger partial charge in [0.25, 0.3) is 0 Å². The highest BCUT2D eigenvalue weighted by molar-refractivity contribution is 9.09. The fourth-order valence-electron chi connectivity index (χ4n) is 2.54. The number of ether oxygens (including phenoxy) is 1. The fourth-order valence-corrected chi connectivity index (χ4v) is 6.00. The van der Waals surface area contributed by atoms with Gasteiger partial charge in [0.2, 0.25) is 0 Å². The average molecular weight is 311 g/mol. The highest BCUT2D eigenvalue weighted by Crippen LogP contribution is 2.27. The van der Waals surface area contributed by atoms with E-state index in [1.807, 2.05) is 0 Å². The topological polar surface area (TPSA) is 43.4 Å². The first-order chi connectivity index (χ1) is 7.57. The Morgan fingerprint density at radius 1 is 1.12 bits per heavy atom. The SMILES string of the molecule is O=S1(=O)CC(Br)C(OCC2CCCCC2)C1. The molecule has 1 saturated carbocycles. The molecule has 0 N–H and O–H groups in total. The van der Waals surface area contributed by atoms with Gasteiger partial charge in [-0.05, 0) is 18.8 Å². The van der Waals surface area contributed by atoms with Crippen molar-refractivity contribution in [3.05, 3.63) is 0 Å². The number of hydrogen-bond acceptors (Lipinski definition) is 3. The summed E-state index contributed by atoms with van der Waals surface area (Å²) in [4.78, 5) is -0.0129. The molecule has 94 valence electrons. The second-order valence-corrected chi connectivity index (χ2v) is 8.30.